The lowest BCUT2D eigenvalue weighted by atomic mass is 9.93. The fraction of sp³-hybridized carbons (Fsp3) is 0.290. The van der Waals surface area contributed by atoms with Crippen LogP contribution in [0.2, 0.25) is 5.02 Å². The van der Waals surface area contributed by atoms with Crippen LogP contribution in [0.15, 0.2) is 78.9 Å². The van der Waals surface area contributed by atoms with Gasteiger partial charge in [0, 0.05) is 42.2 Å². The monoisotopic (exact) mass is 513 g/mol. The molecule has 2 heterocycles. The largest absolute Gasteiger partial charge is 0.462 e. The van der Waals surface area contributed by atoms with E-state index in [1.54, 1.807) is 0 Å². The van der Waals surface area contributed by atoms with Gasteiger partial charge in [-0.25, -0.2) is 4.79 Å². The van der Waals surface area contributed by atoms with Crippen LogP contribution in [0.5, 0.6) is 0 Å². The van der Waals surface area contributed by atoms with E-state index in [1.807, 2.05) is 55.5 Å². The normalized spacial score (nSPS) is 15.0. The van der Waals surface area contributed by atoms with E-state index in [0.29, 0.717) is 23.7 Å². The van der Waals surface area contributed by atoms with Crippen LogP contribution in [-0.2, 0) is 17.8 Å². The summed E-state index contributed by atoms with van der Waals surface area (Å²) in [5.74, 6) is -0.341. The number of nitrogens with zero attached hydrogens (tertiary/aromatic N) is 3. The zero-order chi connectivity index (χ0) is 25.6. The second-order valence-corrected chi connectivity index (χ2v) is 9.88. The zero-order valence-electron chi connectivity index (χ0n) is 21.2. The van der Waals surface area contributed by atoms with Crippen molar-refractivity contribution in [3.8, 4) is 11.1 Å². The SMILES string of the molecule is CCOC(=O)c1c(CN2CCCN(Cc3ccccc3)CC2)nc2ccc(Cl)cc2c1-c1ccccc1. The first-order chi connectivity index (χ1) is 18.1. The number of pyridine rings is 1. The van der Waals surface area contributed by atoms with Crippen LogP contribution >= 0.6 is 11.6 Å². The molecule has 37 heavy (non-hydrogen) atoms. The number of fused-ring (bicyclic) bond motifs is 1. The molecule has 0 atom stereocenters. The van der Waals surface area contributed by atoms with Crippen LogP contribution in [0.1, 0.15) is 35.0 Å². The van der Waals surface area contributed by atoms with Crippen molar-refractivity contribution in [1.82, 2.24) is 14.8 Å². The molecule has 0 radical (unpaired) electrons. The van der Waals surface area contributed by atoms with Gasteiger partial charge in [-0.3, -0.25) is 14.8 Å². The van der Waals surface area contributed by atoms with Gasteiger partial charge in [0.05, 0.1) is 23.4 Å². The second-order valence-electron chi connectivity index (χ2n) is 9.45. The molecular formula is C31H32ClN3O2. The molecule has 5 nitrogen and oxygen atoms in total. The average Bonchev–Trinajstić information content (AvgIpc) is 3.14. The summed E-state index contributed by atoms with van der Waals surface area (Å²) in [7, 11) is 0. The Balaban J connectivity index is 1.50. The highest BCUT2D eigenvalue weighted by Gasteiger charge is 2.25. The van der Waals surface area contributed by atoms with Crippen molar-refractivity contribution >= 4 is 28.5 Å². The Morgan fingerprint density at radius 2 is 1.57 bits per heavy atom. The molecule has 0 amide bonds. The van der Waals surface area contributed by atoms with Crippen LogP contribution in [0, 0.1) is 0 Å². The third kappa shape index (κ3) is 6.02. The number of ether oxygens (including phenoxy) is 1. The van der Waals surface area contributed by atoms with Gasteiger partial charge in [0.25, 0.3) is 0 Å². The van der Waals surface area contributed by atoms with Gasteiger partial charge in [-0.05, 0) is 55.8 Å². The molecule has 0 bridgehead atoms. The second kappa shape index (κ2) is 11.9. The Morgan fingerprint density at radius 1 is 0.892 bits per heavy atom. The van der Waals surface area contributed by atoms with Crippen molar-refractivity contribution in [3.63, 3.8) is 0 Å². The predicted molar refractivity (Wildman–Crippen MR) is 150 cm³/mol. The Bertz CT molecular complexity index is 1360. The summed E-state index contributed by atoms with van der Waals surface area (Å²) in [6.07, 6.45) is 1.07. The fourth-order valence-electron chi connectivity index (χ4n) is 5.12. The van der Waals surface area contributed by atoms with Crippen molar-refractivity contribution in [2.24, 2.45) is 0 Å². The Labute approximate surface area is 223 Å². The van der Waals surface area contributed by atoms with E-state index in [9.17, 15) is 4.79 Å². The zero-order valence-corrected chi connectivity index (χ0v) is 22.0. The molecule has 190 valence electrons. The maximum Gasteiger partial charge on any atom is 0.340 e. The van der Waals surface area contributed by atoms with Gasteiger partial charge in [-0.15, -0.1) is 0 Å². The van der Waals surface area contributed by atoms with Crippen LogP contribution in [0.25, 0.3) is 22.0 Å². The van der Waals surface area contributed by atoms with E-state index in [0.717, 1.165) is 66.9 Å². The van der Waals surface area contributed by atoms with Gasteiger partial charge in [0.1, 0.15) is 0 Å². The summed E-state index contributed by atoms with van der Waals surface area (Å²) in [5.41, 5.74) is 5.24. The minimum atomic E-state index is -0.341. The standard InChI is InChI=1S/C31H32ClN3O2/c1-2-37-31(36)30-28(22-35-17-9-16-34(18-19-35)21-23-10-5-3-6-11-23)33-27-15-14-25(32)20-26(27)29(30)24-12-7-4-8-13-24/h3-8,10-15,20H,2,9,16-19,21-22H2,1H3. The van der Waals surface area contributed by atoms with Gasteiger partial charge in [-0.1, -0.05) is 72.3 Å². The third-order valence-electron chi connectivity index (χ3n) is 6.87. The van der Waals surface area contributed by atoms with Gasteiger partial charge < -0.3 is 4.74 Å². The number of esters is 1. The van der Waals surface area contributed by atoms with Crippen LogP contribution < -0.4 is 0 Å². The first-order valence-corrected chi connectivity index (χ1v) is 13.3. The van der Waals surface area contributed by atoms with Crippen molar-refractivity contribution < 1.29 is 9.53 Å². The molecule has 1 aliphatic heterocycles. The molecule has 1 aliphatic rings. The number of carbonyl (C=O) groups excluding carboxylic acids is 1. The number of hydrogen-bond donors (Lipinski definition) is 0. The summed E-state index contributed by atoms with van der Waals surface area (Å²) in [5, 5.41) is 1.47. The molecule has 0 aliphatic carbocycles. The fourth-order valence-corrected chi connectivity index (χ4v) is 5.29. The van der Waals surface area contributed by atoms with Crippen molar-refractivity contribution in [2.75, 3.05) is 32.8 Å². The highest BCUT2D eigenvalue weighted by atomic mass is 35.5. The maximum atomic E-state index is 13.4. The lowest BCUT2D eigenvalue weighted by Crippen LogP contribution is -2.31. The minimum Gasteiger partial charge on any atom is -0.462 e. The van der Waals surface area contributed by atoms with Crippen LogP contribution in [0.3, 0.4) is 0 Å². The highest BCUT2D eigenvalue weighted by molar-refractivity contribution is 6.31. The van der Waals surface area contributed by atoms with Crippen LogP contribution in [-0.4, -0.2) is 53.5 Å². The summed E-state index contributed by atoms with van der Waals surface area (Å²) in [4.78, 5) is 23.3. The van der Waals surface area contributed by atoms with Gasteiger partial charge >= 0.3 is 5.97 Å². The number of aromatic nitrogens is 1. The number of hydrogen-bond acceptors (Lipinski definition) is 5. The molecule has 1 aromatic heterocycles. The molecular weight excluding hydrogens is 482 g/mol. The molecule has 3 aromatic carbocycles. The van der Waals surface area contributed by atoms with E-state index < -0.39 is 0 Å². The molecule has 1 saturated heterocycles. The number of carbonyl (C=O) groups is 1. The van der Waals surface area contributed by atoms with Crippen LogP contribution in [0.4, 0.5) is 0 Å². The molecule has 0 saturated carbocycles. The van der Waals surface area contributed by atoms with Crippen molar-refractivity contribution in [2.45, 2.75) is 26.4 Å². The van der Waals surface area contributed by atoms with Gasteiger partial charge in [0.2, 0.25) is 0 Å². The Kier molecular flexibility index (Phi) is 8.15. The first kappa shape index (κ1) is 25.4. The third-order valence-corrected chi connectivity index (χ3v) is 7.10. The molecule has 5 rings (SSSR count). The number of halogens is 1. The molecule has 0 unspecified atom stereocenters. The lowest BCUT2D eigenvalue weighted by molar-refractivity contribution is 0.0524. The Morgan fingerprint density at radius 3 is 2.27 bits per heavy atom. The lowest BCUT2D eigenvalue weighted by Gasteiger charge is -2.24. The van der Waals surface area contributed by atoms with E-state index in [-0.39, 0.29) is 5.97 Å². The first-order valence-electron chi connectivity index (χ1n) is 13.0. The van der Waals surface area contributed by atoms with E-state index in [4.69, 9.17) is 21.3 Å². The predicted octanol–water partition coefficient (Wildman–Crippen LogP) is 6.44. The topological polar surface area (TPSA) is 45.7 Å². The molecule has 0 N–H and O–H groups in total. The number of rotatable bonds is 7. The van der Waals surface area contributed by atoms with E-state index in [2.05, 4.69) is 40.1 Å². The van der Waals surface area contributed by atoms with E-state index in [1.165, 1.54) is 5.56 Å². The molecule has 1 fully saturated rings. The Hall–Kier alpha value is -3.25. The highest BCUT2D eigenvalue weighted by Crippen LogP contribution is 2.35. The average molecular weight is 514 g/mol. The van der Waals surface area contributed by atoms with Gasteiger partial charge in [0.15, 0.2) is 0 Å². The maximum absolute atomic E-state index is 13.4. The number of benzene rings is 3. The van der Waals surface area contributed by atoms with Crippen molar-refractivity contribution in [1.29, 1.82) is 0 Å². The summed E-state index contributed by atoms with van der Waals surface area (Å²) >= 11 is 6.40. The minimum absolute atomic E-state index is 0.304. The van der Waals surface area contributed by atoms with Crippen molar-refractivity contribution in [3.05, 3.63) is 101 Å². The molecule has 6 heteroatoms. The molecule has 0 spiro atoms. The van der Waals surface area contributed by atoms with E-state index >= 15 is 0 Å². The summed E-state index contributed by atoms with van der Waals surface area (Å²) in [6.45, 7) is 7.57. The quantitative estimate of drug-likeness (QED) is 0.266. The smallest absolute Gasteiger partial charge is 0.340 e. The summed E-state index contributed by atoms with van der Waals surface area (Å²) in [6, 6.07) is 26.3. The molecule has 4 aromatic rings. The summed E-state index contributed by atoms with van der Waals surface area (Å²) < 4.78 is 5.57. The van der Waals surface area contributed by atoms with Gasteiger partial charge in [-0.2, -0.15) is 0 Å².